The maximum absolute atomic E-state index is 11.8. The predicted molar refractivity (Wildman–Crippen MR) is 92.5 cm³/mol. The van der Waals surface area contributed by atoms with Gasteiger partial charge >= 0.3 is 0 Å². The zero-order valence-corrected chi connectivity index (χ0v) is 15.1. The number of nitrogens with one attached hydrogen (secondary N) is 1. The Balaban J connectivity index is 3.34. The Morgan fingerprint density at radius 1 is 0.950 bits per heavy atom. The topological polar surface area (TPSA) is 29.1 Å². The van der Waals surface area contributed by atoms with E-state index in [0.29, 0.717) is 12.5 Å². The second-order valence-electron chi connectivity index (χ2n) is 5.73. The van der Waals surface area contributed by atoms with E-state index in [0.717, 1.165) is 24.6 Å². The molecule has 0 spiro atoms. The van der Waals surface area contributed by atoms with E-state index in [2.05, 4.69) is 35.1 Å². The van der Waals surface area contributed by atoms with Crippen LogP contribution in [0.4, 0.5) is 0 Å². The third-order valence-electron chi connectivity index (χ3n) is 3.82. The summed E-state index contributed by atoms with van der Waals surface area (Å²) in [6.45, 7) is 4.39. The van der Waals surface area contributed by atoms with Gasteiger partial charge in [-0.1, -0.05) is 81.1 Å². The minimum absolute atomic E-state index is 0.237. The Morgan fingerprint density at radius 2 is 1.50 bits per heavy atom. The molecule has 0 aliphatic rings. The summed E-state index contributed by atoms with van der Waals surface area (Å²) in [7, 11) is 0. The molecule has 1 unspecified atom stereocenters. The lowest BCUT2D eigenvalue weighted by molar-refractivity contribution is -0.121. The summed E-state index contributed by atoms with van der Waals surface area (Å²) in [5.41, 5.74) is 0. The quantitative estimate of drug-likeness (QED) is 0.322. The van der Waals surface area contributed by atoms with Gasteiger partial charge in [0, 0.05) is 17.8 Å². The van der Waals surface area contributed by atoms with Crippen LogP contribution in [0.15, 0.2) is 0 Å². The maximum Gasteiger partial charge on any atom is 0.220 e. The molecular weight excluding hydrogens is 314 g/mol. The molecule has 1 atom stereocenters. The summed E-state index contributed by atoms with van der Waals surface area (Å²) < 4.78 is 0. The Labute approximate surface area is 134 Å². The molecule has 1 N–H and O–H groups in total. The van der Waals surface area contributed by atoms with Gasteiger partial charge in [0.2, 0.25) is 5.91 Å². The molecule has 0 heterocycles. The highest BCUT2D eigenvalue weighted by atomic mass is 79.9. The number of amides is 1. The fourth-order valence-electron chi connectivity index (χ4n) is 2.41. The molecule has 0 aliphatic heterocycles. The van der Waals surface area contributed by atoms with Crippen LogP contribution in [0.5, 0.6) is 0 Å². The molecule has 0 aromatic heterocycles. The van der Waals surface area contributed by atoms with Crippen molar-refractivity contribution in [2.75, 3.05) is 5.33 Å². The van der Waals surface area contributed by atoms with Crippen molar-refractivity contribution in [3.63, 3.8) is 0 Å². The number of hydrogen-bond acceptors (Lipinski definition) is 1. The molecule has 0 radical (unpaired) electrons. The van der Waals surface area contributed by atoms with Crippen molar-refractivity contribution in [1.29, 1.82) is 0 Å². The number of halogens is 1. The van der Waals surface area contributed by atoms with Crippen molar-refractivity contribution in [3.05, 3.63) is 0 Å². The number of hydrogen-bond donors (Lipinski definition) is 1. The van der Waals surface area contributed by atoms with Crippen molar-refractivity contribution in [3.8, 4) is 0 Å². The minimum Gasteiger partial charge on any atom is -0.353 e. The third kappa shape index (κ3) is 13.0. The lowest BCUT2D eigenvalue weighted by Crippen LogP contribution is -2.34. The van der Waals surface area contributed by atoms with Gasteiger partial charge in [-0.3, -0.25) is 4.79 Å². The molecule has 0 fully saturated rings. The first-order valence-corrected chi connectivity index (χ1v) is 9.72. The van der Waals surface area contributed by atoms with Gasteiger partial charge in [0.1, 0.15) is 0 Å². The van der Waals surface area contributed by atoms with Crippen molar-refractivity contribution in [2.45, 2.75) is 96.9 Å². The number of carbonyl (C=O) groups is 1. The van der Waals surface area contributed by atoms with Gasteiger partial charge in [0.15, 0.2) is 0 Å². The molecule has 1 amide bonds. The Hall–Kier alpha value is -0.0500. The standard InChI is InChI=1S/C17H34BrNO/c1-3-5-6-7-8-9-10-11-12-13-17(20)19-16(4-2)14-15-18/h16H,3-15H2,1-2H3,(H,19,20). The van der Waals surface area contributed by atoms with Gasteiger partial charge < -0.3 is 5.32 Å². The molecular formula is C17H34BrNO. The molecule has 20 heavy (non-hydrogen) atoms. The van der Waals surface area contributed by atoms with E-state index in [1.54, 1.807) is 0 Å². The summed E-state index contributed by atoms with van der Waals surface area (Å²) in [6, 6.07) is 0.348. The first-order chi connectivity index (χ1) is 9.74. The highest BCUT2D eigenvalue weighted by Gasteiger charge is 2.08. The van der Waals surface area contributed by atoms with E-state index in [-0.39, 0.29) is 5.91 Å². The van der Waals surface area contributed by atoms with Crippen LogP contribution in [0, 0.1) is 0 Å². The molecule has 0 rings (SSSR count). The van der Waals surface area contributed by atoms with Gasteiger partial charge in [0.25, 0.3) is 0 Å². The monoisotopic (exact) mass is 347 g/mol. The van der Waals surface area contributed by atoms with E-state index in [9.17, 15) is 4.79 Å². The molecule has 120 valence electrons. The van der Waals surface area contributed by atoms with Crippen LogP contribution in [0.1, 0.15) is 90.9 Å². The molecule has 0 aromatic carbocycles. The minimum atomic E-state index is 0.237. The van der Waals surface area contributed by atoms with Gasteiger partial charge in [-0.2, -0.15) is 0 Å². The molecule has 0 aromatic rings. The molecule has 0 bridgehead atoms. The second kappa shape index (κ2) is 15.3. The summed E-state index contributed by atoms with van der Waals surface area (Å²) >= 11 is 3.43. The number of rotatable bonds is 14. The smallest absolute Gasteiger partial charge is 0.220 e. The average Bonchev–Trinajstić information content (AvgIpc) is 2.45. The van der Waals surface area contributed by atoms with Crippen LogP contribution in [0.2, 0.25) is 0 Å². The van der Waals surface area contributed by atoms with Gasteiger partial charge in [0.05, 0.1) is 0 Å². The van der Waals surface area contributed by atoms with Crippen LogP contribution < -0.4 is 5.32 Å². The van der Waals surface area contributed by atoms with Crippen LogP contribution in [0.3, 0.4) is 0 Å². The summed E-state index contributed by atoms with van der Waals surface area (Å²) in [5.74, 6) is 0.237. The van der Waals surface area contributed by atoms with E-state index >= 15 is 0 Å². The average molecular weight is 348 g/mol. The van der Waals surface area contributed by atoms with E-state index in [1.807, 2.05) is 0 Å². The highest BCUT2D eigenvalue weighted by molar-refractivity contribution is 9.09. The van der Waals surface area contributed by atoms with Crippen molar-refractivity contribution >= 4 is 21.8 Å². The summed E-state index contributed by atoms with van der Waals surface area (Å²) in [4.78, 5) is 11.8. The number of carbonyl (C=O) groups excluding carboxylic acids is 1. The molecule has 0 aliphatic carbocycles. The van der Waals surface area contributed by atoms with Gasteiger partial charge in [-0.25, -0.2) is 0 Å². The Morgan fingerprint density at radius 3 is 2.00 bits per heavy atom. The second-order valence-corrected chi connectivity index (χ2v) is 6.52. The lowest BCUT2D eigenvalue weighted by Gasteiger charge is -2.15. The predicted octanol–water partition coefficient (Wildman–Crippen LogP) is 5.59. The Kier molecular flexibility index (Phi) is 15.3. The largest absolute Gasteiger partial charge is 0.353 e. The van der Waals surface area contributed by atoms with Gasteiger partial charge in [-0.05, 0) is 19.3 Å². The summed E-state index contributed by atoms with van der Waals surface area (Å²) in [6.07, 6.45) is 14.5. The molecule has 2 nitrogen and oxygen atoms in total. The zero-order valence-electron chi connectivity index (χ0n) is 13.6. The Bertz CT molecular complexity index is 221. The fourth-order valence-corrected chi connectivity index (χ4v) is 2.96. The van der Waals surface area contributed by atoms with Crippen LogP contribution in [0.25, 0.3) is 0 Å². The lowest BCUT2D eigenvalue weighted by atomic mass is 10.1. The highest BCUT2D eigenvalue weighted by Crippen LogP contribution is 2.10. The fraction of sp³-hybridized carbons (Fsp3) is 0.941. The van der Waals surface area contributed by atoms with E-state index in [1.165, 1.54) is 51.4 Å². The van der Waals surface area contributed by atoms with E-state index < -0.39 is 0 Å². The third-order valence-corrected chi connectivity index (χ3v) is 4.28. The van der Waals surface area contributed by atoms with Crippen molar-refractivity contribution < 1.29 is 4.79 Å². The first kappa shape index (κ1) is 19.9. The van der Waals surface area contributed by atoms with Crippen molar-refractivity contribution in [2.24, 2.45) is 0 Å². The SMILES string of the molecule is CCCCCCCCCCCC(=O)NC(CC)CCBr. The maximum atomic E-state index is 11.8. The van der Waals surface area contributed by atoms with Crippen LogP contribution >= 0.6 is 15.9 Å². The van der Waals surface area contributed by atoms with Crippen molar-refractivity contribution in [1.82, 2.24) is 5.32 Å². The zero-order chi connectivity index (χ0) is 15.1. The molecule has 0 saturated heterocycles. The number of unbranched alkanes of at least 4 members (excludes halogenated alkanes) is 8. The normalized spacial score (nSPS) is 12.3. The molecule has 3 heteroatoms. The van der Waals surface area contributed by atoms with Crippen LogP contribution in [-0.4, -0.2) is 17.3 Å². The van der Waals surface area contributed by atoms with E-state index in [4.69, 9.17) is 0 Å². The molecule has 0 saturated carbocycles. The first-order valence-electron chi connectivity index (χ1n) is 8.59. The van der Waals surface area contributed by atoms with Gasteiger partial charge in [-0.15, -0.1) is 0 Å². The number of alkyl halides is 1. The summed E-state index contributed by atoms with van der Waals surface area (Å²) in [5, 5.41) is 4.09. The van der Waals surface area contributed by atoms with Crippen LogP contribution in [-0.2, 0) is 4.79 Å².